The van der Waals surface area contributed by atoms with Crippen molar-refractivity contribution in [2.75, 3.05) is 38.4 Å². The van der Waals surface area contributed by atoms with Crippen molar-refractivity contribution >= 4 is 17.5 Å². The van der Waals surface area contributed by atoms with Gasteiger partial charge in [-0.25, -0.2) is 9.97 Å². The molecule has 1 spiro atoms. The van der Waals surface area contributed by atoms with Gasteiger partial charge >= 0.3 is 0 Å². The van der Waals surface area contributed by atoms with Crippen LogP contribution in [0, 0.1) is 0 Å². The zero-order valence-corrected chi connectivity index (χ0v) is 18.3. The Labute approximate surface area is 191 Å². The van der Waals surface area contributed by atoms with Crippen molar-refractivity contribution in [1.82, 2.24) is 14.9 Å². The summed E-state index contributed by atoms with van der Waals surface area (Å²) in [7, 11) is 1.70. The largest absolute Gasteiger partial charge is 0.454 e. The van der Waals surface area contributed by atoms with E-state index >= 15 is 0 Å². The van der Waals surface area contributed by atoms with Gasteiger partial charge in [0.2, 0.25) is 12.7 Å². The number of benzene rings is 2. The molecule has 33 heavy (non-hydrogen) atoms. The Morgan fingerprint density at radius 3 is 2.64 bits per heavy atom. The molecule has 3 aromatic rings. The number of fused-ring (bicyclic) bond motifs is 3. The lowest BCUT2D eigenvalue weighted by molar-refractivity contribution is 0.0767. The number of rotatable bonds is 5. The highest BCUT2D eigenvalue weighted by atomic mass is 16.7. The molecule has 3 heterocycles. The van der Waals surface area contributed by atoms with Gasteiger partial charge in [0.15, 0.2) is 11.5 Å². The summed E-state index contributed by atoms with van der Waals surface area (Å²) in [6.07, 6.45) is 5.90. The molecule has 1 saturated carbocycles. The fraction of sp³-hybridized carbons (Fsp3) is 0.320. The molecule has 1 amide bonds. The van der Waals surface area contributed by atoms with Gasteiger partial charge in [0.25, 0.3) is 5.91 Å². The molecule has 0 bridgehead atoms. The van der Waals surface area contributed by atoms with Crippen LogP contribution in [-0.2, 0) is 5.41 Å². The smallest absolute Gasteiger partial charge is 0.253 e. The van der Waals surface area contributed by atoms with Gasteiger partial charge in [0.1, 0.15) is 0 Å². The first-order valence-electron chi connectivity index (χ1n) is 11.1. The first-order chi connectivity index (χ1) is 16.1. The minimum Gasteiger partial charge on any atom is -0.454 e. The number of aromatic nitrogens is 2. The Bertz CT molecular complexity index is 1240. The van der Waals surface area contributed by atoms with Crippen LogP contribution in [0.1, 0.15) is 28.8 Å². The molecule has 8 nitrogen and oxygen atoms in total. The van der Waals surface area contributed by atoms with Gasteiger partial charge in [0, 0.05) is 54.8 Å². The van der Waals surface area contributed by atoms with E-state index in [2.05, 4.69) is 20.9 Å². The van der Waals surface area contributed by atoms with Crippen LogP contribution >= 0.6 is 0 Å². The standard InChI is InChI=1S/C25H24N4O4/c1-28(8-9-30)23(31)17-2-4-19-20(10-17)29(14-25(19)6-7-25)24-26-12-18(13-27-24)16-3-5-21-22(11-16)33-15-32-21/h2-5,10-13,30H,6-9,14-15H2,1H3. The highest BCUT2D eigenvalue weighted by Gasteiger charge is 2.52. The second kappa shape index (κ2) is 7.45. The number of ether oxygens (including phenoxy) is 2. The van der Waals surface area contributed by atoms with Gasteiger partial charge in [-0.15, -0.1) is 0 Å². The third-order valence-corrected chi connectivity index (χ3v) is 6.79. The second-order valence-corrected chi connectivity index (χ2v) is 8.89. The molecule has 0 radical (unpaired) electrons. The van der Waals surface area contributed by atoms with Gasteiger partial charge in [-0.1, -0.05) is 12.1 Å². The van der Waals surface area contributed by atoms with Gasteiger partial charge < -0.3 is 24.4 Å². The fourth-order valence-electron chi connectivity index (χ4n) is 4.72. The summed E-state index contributed by atoms with van der Waals surface area (Å²) in [6, 6.07) is 11.7. The molecule has 1 aromatic heterocycles. The first-order valence-corrected chi connectivity index (χ1v) is 11.1. The van der Waals surface area contributed by atoms with E-state index < -0.39 is 0 Å². The Morgan fingerprint density at radius 1 is 1.09 bits per heavy atom. The van der Waals surface area contributed by atoms with E-state index in [0.717, 1.165) is 47.7 Å². The number of aliphatic hydroxyl groups excluding tert-OH is 1. The third kappa shape index (κ3) is 3.29. The van der Waals surface area contributed by atoms with E-state index in [0.29, 0.717) is 18.1 Å². The minimum atomic E-state index is -0.109. The van der Waals surface area contributed by atoms with Gasteiger partial charge in [-0.3, -0.25) is 4.79 Å². The van der Waals surface area contributed by atoms with E-state index in [-0.39, 0.29) is 24.7 Å². The number of aliphatic hydroxyl groups is 1. The second-order valence-electron chi connectivity index (χ2n) is 8.89. The predicted molar refractivity (Wildman–Crippen MR) is 122 cm³/mol. The molecular weight excluding hydrogens is 420 g/mol. The van der Waals surface area contributed by atoms with Crippen molar-refractivity contribution in [2.24, 2.45) is 0 Å². The molecule has 1 fully saturated rings. The van der Waals surface area contributed by atoms with E-state index in [1.807, 2.05) is 42.7 Å². The van der Waals surface area contributed by atoms with Crippen molar-refractivity contribution in [1.29, 1.82) is 0 Å². The summed E-state index contributed by atoms with van der Waals surface area (Å²) in [4.78, 5) is 25.8. The summed E-state index contributed by atoms with van der Waals surface area (Å²) in [5.41, 5.74) is 4.84. The number of anilines is 2. The lowest BCUT2D eigenvalue weighted by Crippen LogP contribution is -2.29. The number of carbonyl (C=O) groups excluding carboxylic acids is 1. The lowest BCUT2D eigenvalue weighted by Gasteiger charge is -2.19. The molecule has 168 valence electrons. The number of nitrogens with zero attached hydrogens (tertiary/aromatic N) is 4. The average molecular weight is 444 g/mol. The highest BCUT2D eigenvalue weighted by Crippen LogP contribution is 2.57. The molecule has 0 atom stereocenters. The quantitative estimate of drug-likeness (QED) is 0.647. The number of hydrogen-bond acceptors (Lipinski definition) is 7. The summed E-state index contributed by atoms with van der Waals surface area (Å²) in [6.45, 7) is 1.29. The molecule has 8 heteroatoms. The predicted octanol–water partition coefficient (Wildman–Crippen LogP) is 3.12. The topological polar surface area (TPSA) is 88.0 Å². The van der Waals surface area contributed by atoms with Gasteiger partial charge in [-0.2, -0.15) is 0 Å². The number of likely N-dealkylation sites (N-methyl/N-ethyl adjacent to an activating group) is 1. The van der Waals surface area contributed by atoms with E-state index in [9.17, 15) is 9.90 Å². The van der Waals surface area contributed by atoms with E-state index in [1.165, 1.54) is 10.5 Å². The molecule has 0 saturated heterocycles. The summed E-state index contributed by atoms with van der Waals surface area (Å²) < 4.78 is 10.9. The van der Waals surface area contributed by atoms with Crippen LogP contribution in [0.3, 0.4) is 0 Å². The monoisotopic (exact) mass is 444 g/mol. The molecule has 3 aliphatic rings. The molecule has 2 aliphatic heterocycles. The maximum Gasteiger partial charge on any atom is 0.253 e. The minimum absolute atomic E-state index is 0.0635. The van der Waals surface area contributed by atoms with Crippen molar-refractivity contribution in [3.63, 3.8) is 0 Å². The van der Waals surface area contributed by atoms with Crippen LogP contribution in [0.4, 0.5) is 11.6 Å². The van der Waals surface area contributed by atoms with Crippen LogP contribution in [0.2, 0.25) is 0 Å². The van der Waals surface area contributed by atoms with Crippen molar-refractivity contribution in [3.8, 4) is 22.6 Å². The van der Waals surface area contributed by atoms with Crippen LogP contribution in [-0.4, -0.2) is 59.4 Å². The third-order valence-electron chi connectivity index (χ3n) is 6.79. The van der Waals surface area contributed by atoms with Crippen LogP contribution in [0.5, 0.6) is 11.5 Å². The Morgan fingerprint density at radius 2 is 1.88 bits per heavy atom. The summed E-state index contributed by atoms with van der Waals surface area (Å²) >= 11 is 0. The lowest BCUT2D eigenvalue weighted by atomic mass is 9.97. The number of hydrogen-bond donors (Lipinski definition) is 1. The number of amides is 1. The average Bonchev–Trinajstić information content (AvgIpc) is 3.34. The van der Waals surface area contributed by atoms with E-state index in [1.54, 1.807) is 7.05 Å². The zero-order valence-electron chi connectivity index (χ0n) is 18.3. The Kier molecular flexibility index (Phi) is 4.51. The normalized spacial score (nSPS) is 16.7. The molecule has 1 N–H and O–H groups in total. The van der Waals surface area contributed by atoms with Gasteiger partial charge in [-0.05, 0) is 48.2 Å². The fourth-order valence-corrected chi connectivity index (χ4v) is 4.72. The maximum absolute atomic E-state index is 12.8. The maximum atomic E-state index is 12.8. The van der Waals surface area contributed by atoms with Crippen molar-refractivity contribution in [2.45, 2.75) is 18.3 Å². The first kappa shape index (κ1) is 20.0. The zero-order chi connectivity index (χ0) is 22.6. The summed E-state index contributed by atoms with van der Waals surface area (Å²) in [5, 5.41) is 9.17. The highest BCUT2D eigenvalue weighted by molar-refractivity contribution is 5.96. The van der Waals surface area contributed by atoms with Crippen LogP contribution < -0.4 is 14.4 Å². The van der Waals surface area contributed by atoms with Gasteiger partial charge in [0.05, 0.1) is 6.61 Å². The van der Waals surface area contributed by atoms with E-state index in [4.69, 9.17) is 9.47 Å². The Hall–Kier alpha value is -3.65. The van der Waals surface area contributed by atoms with Crippen LogP contribution in [0.15, 0.2) is 48.8 Å². The summed E-state index contributed by atoms with van der Waals surface area (Å²) in [5.74, 6) is 1.99. The number of carbonyl (C=O) groups is 1. The van der Waals surface area contributed by atoms with Crippen molar-refractivity contribution in [3.05, 3.63) is 59.9 Å². The molecule has 1 aliphatic carbocycles. The molecule has 2 aromatic carbocycles. The van der Waals surface area contributed by atoms with Crippen LogP contribution in [0.25, 0.3) is 11.1 Å². The molecular formula is C25H24N4O4. The molecule has 6 rings (SSSR count). The SMILES string of the molecule is CN(CCO)C(=O)c1ccc2c(c1)N(c1ncc(-c3ccc4c(c3)OCO4)cn1)CC21CC1. The Balaban J connectivity index is 1.31. The molecule has 0 unspecified atom stereocenters. The van der Waals surface area contributed by atoms with Crippen molar-refractivity contribution < 1.29 is 19.4 Å².